The monoisotopic (exact) mass is 560 g/mol. The van der Waals surface area contributed by atoms with Gasteiger partial charge in [0.25, 0.3) is 15.9 Å². The average Bonchev–Trinajstić information content (AvgIpc) is 2.91. The van der Waals surface area contributed by atoms with Crippen LogP contribution in [-0.4, -0.2) is 14.3 Å². The Kier molecular flexibility index (Phi) is 8.48. The van der Waals surface area contributed by atoms with E-state index in [1.807, 2.05) is 13.8 Å². The van der Waals surface area contributed by atoms with Gasteiger partial charge in [0.2, 0.25) is 0 Å². The lowest BCUT2D eigenvalue weighted by molar-refractivity contribution is 0.0939. The first-order valence-corrected chi connectivity index (χ1v) is 14.6. The van der Waals surface area contributed by atoms with Crippen molar-refractivity contribution in [2.75, 3.05) is 4.31 Å². The molecule has 0 heterocycles. The summed E-state index contributed by atoms with van der Waals surface area (Å²) in [6, 6.07) is 24.7. The highest BCUT2D eigenvalue weighted by molar-refractivity contribution is 7.92. The van der Waals surface area contributed by atoms with E-state index < -0.39 is 10.0 Å². The number of hydrogen-bond donors (Lipinski definition) is 1. The van der Waals surface area contributed by atoms with Gasteiger partial charge in [0.1, 0.15) is 0 Å². The molecule has 1 atom stereocenters. The molecule has 5 nitrogen and oxygen atoms in total. The molecule has 0 spiro atoms. The van der Waals surface area contributed by atoms with E-state index in [2.05, 4.69) is 38.2 Å². The smallest absolute Gasteiger partial charge is 0.264 e. The molecular formula is C32H33ClN2O3S. The lowest BCUT2D eigenvalue weighted by Crippen LogP contribution is -2.31. The van der Waals surface area contributed by atoms with E-state index in [4.69, 9.17) is 11.6 Å². The van der Waals surface area contributed by atoms with Crippen molar-refractivity contribution in [3.8, 4) is 0 Å². The van der Waals surface area contributed by atoms with Crippen LogP contribution in [0.15, 0.2) is 89.8 Å². The maximum atomic E-state index is 13.7. The Labute approximate surface area is 236 Å². The minimum absolute atomic E-state index is 0.0819. The predicted molar refractivity (Wildman–Crippen MR) is 159 cm³/mol. The Balaban J connectivity index is 1.59. The molecule has 39 heavy (non-hydrogen) atoms. The molecule has 4 rings (SSSR count). The number of sulfonamides is 1. The molecule has 0 saturated carbocycles. The van der Waals surface area contributed by atoms with Gasteiger partial charge in [-0.15, -0.1) is 0 Å². The largest absolute Gasteiger partial charge is 0.346 e. The Hall–Kier alpha value is -3.61. The minimum atomic E-state index is -3.88. The maximum absolute atomic E-state index is 13.7. The van der Waals surface area contributed by atoms with Crippen molar-refractivity contribution < 1.29 is 13.2 Å². The highest BCUT2D eigenvalue weighted by Crippen LogP contribution is 2.31. The first-order chi connectivity index (χ1) is 18.5. The summed E-state index contributed by atoms with van der Waals surface area (Å²) in [4.78, 5) is 13.2. The van der Waals surface area contributed by atoms with Crippen molar-refractivity contribution in [2.45, 2.75) is 52.1 Å². The highest BCUT2D eigenvalue weighted by Gasteiger charge is 2.26. The highest BCUT2D eigenvalue weighted by atomic mass is 35.5. The third kappa shape index (κ3) is 6.35. The molecule has 4 aromatic rings. The van der Waals surface area contributed by atoms with E-state index in [0.717, 1.165) is 22.3 Å². The number of amides is 1. The van der Waals surface area contributed by atoms with E-state index in [0.29, 0.717) is 16.3 Å². The number of carbonyl (C=O) groups excluding carboxylic acids is 1. The fourth-order valence-electron chi connectivity index (χ4n) is 4.61. The summed E-state index contributed by atoms with van der Waals surface area (Å²) < 4.78 is 28.8. The van der Waals surface area contributed by atoms with Crippen LogP contribution >= 0.6 is 11.6 Å². The van der Waals surface area contributed by atoms with Gasteiger partial charge in [-0.3, -0.25) is 9.10 Å². The molecule has 0 aliphatic rings. The quantitative estimate of drug-likeness (QED) is 0.243. The predicted octanol–water partition coefficient (Wildman–Crippen LogP) is 7.46. The Morgan fingerprint density at radius 3 is 2.13 bits per heavy atom. The molecule has 7 heteroatoms. The van der Waals surface area contributed by atoms with E-state index in [-0.39, 0.29) is 23.4 Å². The number of nitrogens with one attached hydrogen (secondary N) is 1. The summed E-state index contributed by atoms with van der Waals surface area (Å²) in [6.45, 7) is 10.1. The van der Waals surface area contributed by atoms with Crippen LogP contribution in [0.2, 0.25) is 5.02 Å². The topological polar surface area (TPSA) is 66.5 Å². The Bertz CT molecular complexity index is 1600. The van der Waals surface area contributed by atoms with Crippen molar-refractivity contribution in [1.82, 2.24) is 5.32 Å². The van der Waals surface area contributed by atoms with Crippen LogP contribution in [0.5, 0.6) is 0 Å². The molecule has 1 N–H and O–H groups in total. The summed E-state index contributed by atoms with van der Waals surface area (Å²) in [6.07, 6.45) is 0. The average molecular weight is 561 g/mol. The fraction of sp³-hybridized carbons (Fsp3) is 0.219. The Morgan fingerprint density at radius 2 is 1.46 bits per heavy atom. The van der Waals surface area contributed by atoms with Crippen molar-refractivity contribution >= 4 is 33.2 Å². The second-order valence-electron chi connectivity index (χ2n) is 9.94. The summed E-state index contributed by atoms with van der Waals surface area (Å²) in [7, 11) is -3.88. The fourth-order valence-corrected chi connectivity index (χ4v) is 6.30. The van der Waals surface area contributed by atoms with Gasteiger partial charge in [0.05, 0.1) is 23.2 Å². The number of anilines is 1. The van der Waals surface area contributed by atoms with Gasteiger partial charge < -0.3 is 5.32 Å². The van der Waals surface area contributed by atoms with Gasteiger partial charge in [-0.2, -0.15) is 0 Å². The van der Waals surface area contributed by atoms with Crippen LogP contribution < -0.4 is 9.62 Å². The molecule has 4 aromatic carbocycles. The summed E-state index contributed by atoms with van der Waals surface area (Å²) in [5.41, 5.74) is 7.16. The van der Waals surface area contributed by atoms with Gasteiger partial charge in [-0.1, -0.05) is 60.1 Å². The number of rotatable bonds is 8. The maximum Gasteiger partial charge on any atom is 0.264 e. The van der Waals surface area contributed by atoms with Crippen LogP contribution in [0, 0.1) is 27.7 Å². The number of hydrogen-bond acceptors (Lipinski definition) is 3. The van der Waals surface area contributed by atoms with Crippen molar-refractivity contribution in [3.05, 3.63) is 129 Å². The number of nitrogens with zero attached hydrogens (tertiary/aromatic N) is 1. The molecule has 0 radical (unpaired) electrons. The van der Waals surface area contributed by atoms with Crippen LogP contribution in [0.25, 0.3) is 0 Å². The molecular weight excluding hydrogens is 528 g/mol. The third-order valence-electron chi connectivity index (χ3n) is 7.01. The first-order valence-electron chi connectivity index (χ1n) is 12.8. The van der Waals surface area contributed by atoms with Crippen molar-refractivity contribution in [3.63, 3.8) is 0 Å². The Morgan fingerprint density at radius 1 is 0.821 bits per heavy atom. The van der Waals surface area contributed by atoms with E-state index in [1.54, 1.807) is 72.8 Å². The summed E-state index contributed by atoms with van der Waals surface area (Å²) in [5, 5.41) is 3.53. The van der Waals surface area contributed by atoms with Gasteiger partial charge >= 0.3 is 0 Å². The molecule has 0 fully saturated rings. The molecule has 0 aliphatic carbocycles. The second-order valence-corrected chi connectivity index (χ2v) is 12.2. The number of carbonyl (C=O) groups is 1. The standard InChI is InChI=1S/C32H33ClN2O3S/c1-21-11-16-28(33)19-31(21)35(39(37,38)29-9-7-6-8-10-29)20-26-12-14-27(15-13-26)32(36)34-25(5)30-18-23(3)22(2)17-24(30)4/h6-19,25H,20H2,1-5H3,(H,34,36)/t25-/m0/s1. The van der Waals surface area contributed by atoms with Crippen LogP contribution in [0.1, 0.15) is 56.7 Å². The molecule has 1 amide bonds. The van der Waals surface area contributed by atoms with Crippen LogP contribution in [0.4, 0.5) is 5.69 Å². The minimum Gasteiger partial charge on any atom is -0.346 e. The third-order valence-corrected chi connectivity index (χ3v) is 9.02. The first kappa shape index (κ1) is 28.4. The van der Waals surface area contributed by atoms with E-state index in [9.17, 15) is 13.2 Å². The number of halogens is 1. The SMILES string of the molecule is Cc1cc(C)c([C@H](C)NC(=O)c2ccc(CN(c3cc(Cl)ccc3C)S(=O)(=O)c3ccccc3)cc2)cc1C. The zero-order valence-corrected chi connectivity index (χ0v) is 24.4. The summed E-state index contributed by atoms with van der Waals surface area (Å²) in [5.74, 6) is -0.189. The zero-order chi connectivity index (χ0) is 28.3. The van der Waals surface area contributed by atoms with Gasteiger partial charge in [0.15, 0.2) is 0 Å². The van der Waals surface area contributed by atoms with E-state index >= 15 is 0 Å². The van der Waals surface area contributed by atoms with Gasteiger partial charge in [0, 0.05) is 10.6 Å². The lowest BCUT2D eigenvalue weighted by atomic mass is 9.96. The van der Waals surface area contributed by atoms with Gasteiger partial charge in [-0.05, 0) is 104 Å². The second kappa shape index (κ2) is 11.6. The summed E-state index contributed by atoms with van der Waals surface area (Å²) >= 11 is 6.26. The van der Waals surface area contributed by atoms with E-state index in [1.165, 1.54) is 15.4 Å². The lowest BCUT2D eigenvalue weighted by Gasteiger charge is -2.26. The molecule has 202 valence electrons. The molecule has 0 bridgehead atoms. The normalized spacial score (nSPS) is 12.2. The molecule has 0 unspecified atom stereocenters. The number of benzene rings is 4. The number of aryl methyl sites for hydroxylation is 4. The molecule has 0 saturated heterocycles. The van der Waals surface area contributed by atoms with Crippen LogP contribution in [0.3, 0.4) is 0 Å². The van der Waals surface area contributed by atoms with Gasteiger partial charge in [-0.25, -0.2) is 8.42 Å². The molecule has 0 aliphatic heterocycles. The van der Waals surface area contributed by atoms with Crippen molar-refractivity contribution in [2.24, 2.45) is 0 Å². The van der Waals surface area contributed by atoms with Crippen LogP contribution in [-0.2, 0) is 16.6 Å². The van der Waals surface area contributed by atoms with Crippen molar-refractivity contribution in [1.29, 1.82) is 0 Å². The zero-order valence-electron chi connectivity index (χ0n) is 22.8. The molecule has 0 aromatic heterocycles.